The molecule has 7 heteroatoms. The Hall–Kier alpha value is -2.77. The molecule has 0 saturated heterocycles. The van der Waals surface area contributed by atoms with Crippen molar-refractivity contribution < 1.29 is 17.9 Å². The summed E-state index contributed by atoms with van der Waals surface area (Å²) in [5.74, 6) is 1.28. The van der Waals surface area contributed by atoms with Gasteiger partial charge in [0.15, 0.2) is 11.5 Å². The Balaban J connectivity index is 1.83. The fraction of sp³-hybridized carbons (Fsp3) is 0.238. The normalized spacial score (nSPS) is 13.1. The molecule has 1 aliphatic heterocycles. The average Bonchev–Trinajstić information content (AvgIpc) is 3.33. The van der Waals surface area contributed by atoms with Crippen molar-refractivity contribution in [3.8, 4) is 22.8 Å². The highest BCUT2D eigenvalue weighted by Gasteiger charge is 2.23. The Morgan fingerprint density at radius 2 is 1.79 bits per heavy atom. The Morgan fingerprint density at radius 3 is 2.54 bits per heavy atom. The van der Waals surface area contributed by atoms with Gasteiger partial charge in [0.05, 0.1) is 10.6 Å². The van der Waals surface area contributed by atoms with E-state index >= 15 is 0 Å². The number of aromatic nitrogens is 1. The van der Waals surface area contributed by atoms with Gasteiger partial charge in [-0.05, 0) is 55.4 Å². The van der Waals surface area contributed by atoms with Crippen molar-refractivity contribution in [1.82, 2.24) is 9.29 Å². The Kier molecular flexibility index (Phi) is 4.87. The van der Waals surface area contributed by atoms with Gasteiger partial charge in [0, 0.05) is 18.3 Å². The van der Waals surface area contributed by atoms with Crippen molar-refractivity contribution in [3.05, 3.63) is 65.9 Å². The van der Waals surface area contributed by atoms with Crippen LogP contribution in [0.3, 0.4) is 0 Å². The van der Waals surface area contributed by atoms with Crippen molar-refractivity contribution >= 4 is 10.0 Å². The minimum Gasteiger partial charge on any atom is -0.454 e. The molecule has 0 aliphatic carbocycles. The number of hydrogen-bond donors (Lipinski definition) is 1. The van der Waals surface area contributed by atoms with Crippen LogP contribution in [0.1, 0.15) is 18.1 Å². The van der Waals surface area contributed by atoms with Gasteiger partial charge in [-0.15, -0.1) is 0 Å². The van der Waals surface area contributed by atoms with Crippen molar-refractivity contribution in [2.24, 2.45) is 0 Å². The molecule has 4 rings (SSSR count). The summed E-state index contributed by atoms with van der Waals surface area (Å²) in [6, 6.07) is 14.2. The summed E-state index contributed by atoms with van der Waals surface area (Å²) in [6.45, 7) is 5.50. The van der Waals surface area contributed by atoms with Crippen LogP contribution in [0.2, 0.25) is 0 Å². The molecule has 0 unspecified atom stereocenters. The monoisotopic (exact) mass is 398 g/mol. The molecular formula is C21H22N2O4S. The van der Waals surface area contributed by atoms with Crippen molar-refractivity contribution in [2.45, 2.75) is 25.3 Å². The molecule has 2 heterocycles. The van der Waals surface area contributed by atoms with Crippen molar-refractivity contribution in [1.29, 1.82) is 0 Å². The first-order valence-corrected chi connectivity index (χ1v) is 10.6. The van der Waals surface area contributed by atoms with Gasteiger partial charge in [-0.2, -0.15) is 0 Å². The summed E-state index contributed by atoms with van der Waals surface area (Å²) in [5.41, 5.74) is 3.25. The zero-order chi connectivity index (χ0) is 19.7. The number of benzene rings is 2. The Morgan fingerprint density at radius 1 is 1.04 bits per heavy atom. The van der Waals surface area contributed by atoms with E-state index in [1.807, 2.05) is 32.0 Å². The van der Waals surface area contributed by atoms with Crippen LogP contribution in [-0.4, -0.2) is 25.7 Å². The third-order valence-corrected chi connectivity index (χ3v) is 6.36. The standard InChI is InChI=1S/C21H22N2O4S/c1-3-22-12-16-10-19(17-6-9-20-21(11-17)27-14-26-20)23(13-16)28(24,25)18-7-4-15(2)5-8-18/h4-11,13,22H,3,12,14H2,1-2H3. The number of ether oxygens (including phenoxy) is 2. The highest BCUT2D eigenvalue weighted by atomic mass is 32.2. The second-order valence-electron chi connectivity index (χ2n) is 6.70. The maximum absolute atomic E-state index is 13.3. The van der Waals surface area contributed by atoms with Gasteiger partial charge in [0.2, 0.25) is 6.79 Å². The van der Waals surface area contributed by atoms with Gasteiger partial charge in [-0.25, -0.2) is 12.4 Å². The highest BCUT2D eigenvalue weighted by Crippen LogP contribution is 2.37. The van der Waals surface area contributed by atoms with Crippen molar-refractivity contribution in [2.75, 3.05) is 13.3 Å². The number of nitrogens with zero attached hydrogens (tertiary/aromatic N) is 1. The summed E-state index contributed by atoms with van der Waals surface area (Å²) < 4.78 is 38.9. The lowest BCUT2D eigenvalue weighted by Crippen LogP contribution is -2.14. The zero-order valence-electron chi connectivity index (χ0n) is 15.8. The van der Waals surface area contributed by atoms with Crippen LogP contribution < -0.4 is 14.8 Å². The molecule has 6 nitrogen and oxygen atoms in total. The molecule has 0 atom stereocenters. The van der Waals surface area contributed by atoms with Gasteiger partial charge >= 0.3 is 0 Å². The van der Waals surface area contributed by atoms with E-state index < -0.39 is 10.0 Å². The predicted octanol–water partition coefficient (Wildman–Crippen LogP) is 3.54. The van der Waals surface area contributed by atoms with E-state index in [1.165, 1.54) is 3.97 Å². The molecule has 0 saturated carbocycles. The van der Waals surface area contributed by atoms with Gasteiger partial charge in [-0.3, -0.25) is 0 Å². The minimum absolute atomic E-state index is 0.174. The minimum atomic E-state index is -3.74. The van der Waals surface area contributed by atoms with Crippen LogP contribution >= 0.6 is 0 Å². The lowest BCUT2D eigenvalue weighted by Gasteiger charge is -2.11. The summed E-state index contributed by atoms with van der Waals surface area (Å²) in [6.07, 6.45) is 1.68. The molecule has 146 valence electrons. The lowest BCUT2D eigenvalue weighted by molar-refractivity contribution is 0.174. The molecule has 0 bridgehead atoms. The molecule has 0 spiro atoms. The van der Waals surface area contributed by atoms with E-state index in [4.69, 9.17) is 9.47 Å². The Labute approximate surface area is 164 Å². The summed E-state index contributed by atoms with van der Waals surface area (Å²) in [7, 11) is -3.74. The van der Waals surface area contributed by atoms with E-state index in [0.29, 0.717) is 23.7 Å². The summed E-state index contributed by atoms with van der Waals surface area (Å²) >= 11 is 0. The highest BCUT2D eigenvalue weighted by molar-refractivity contribution is 7.90. The van der Waals surface area contributed by atoms with Crippen LogP contribution in [0.15, 0.2) is 59.6 Å². The van der Waals surface area contributed by atoms with Crippen LogP contribution in [0.5, 0.6) is 11.5 Å². The number of nitrogens with one attached hydrogen (secondary N) is 1. The van der Waals surface area contributed by atoms with Crippen LogP contribution in [-0.2, 0) is 16.6 Å². The topological polar surface area (TPSA) is 69.6 Å². The summed E-state index contributed by atoms with van der Waals surface area (Å²) in [4.78, 5) is 0.255. The molecule has 0 amide bonds. The molecule has 1 aliphatic rings. The van der Waals surface area contributed by atoms with Gasteiger partial charge < -0.3 is 14.8 Å². The molecular weight excluding hydrogens is 376 g/mol. The maximum atomic E-state index is 13.3. The average molecular weight is 398 g/mol. The van der Waals surface area contributed by atoms with E-state index in [-0.39, 0.29) is 11.7 Å². The van der Waals surface area contributed by atoms with E-state index in [9.17, 15) is 8.42 Å². The maximum Gasteiger partial charge on any atom is 0.268 e. The third-order valence-electron chi connectivity index (χ3n) is 4.67. The number of aryl methyl sites for hydroxylation is 1. The number of hydrogen-bond acceptors (Lipinski definition) is 5. The zero-order valence-corrected chi connectivity index (χ0v) is 16.6. The van der Waals surface area contributed by atoms with Crippen LogP contribution in [0.4, 0.5) is 0 Å². The molecule has 0 radical (unpaired) electrons. The molecule has 2 aromatic carbocycles. The van der Waals surface area contributed by atoms with Gasteiger partial charge in [0.25, 0.3) is 10.0 Å². The third kappa shape index (κ3) is 3.39. The van der Waals surface area contributed by atoms with Crippen LogP contribution in [0.25, 0.3) is 11.3 Å². The number of fused-ring (bicyclic) bond motifs is 1. The predicted molar refractivity (Wildman–Crippen MR) is 107 cm³/mol. The summed E-state index contributed by atoms with van der Waals surface area (Å²) in [5, 5.41) is 3.24. The van der Waals surface area contributed by atoms with Crippen molar-refractivity contribution in [3.63, 3.8) is 0 Å². The quantitative estimate of drug-likeness (QED) is 0.688. The first-order valence-electron chi connectivity index (χ1n) is 9.13. The van der Waals surface area contributed by atoms with Gasteiger partial charge in [-0.1, -0.05) is 24.6 Å². The fourth-order valence-electron chi connectivity index (χ4n) is 3.15. The first-order chi connectivity index (χ1) is 13.5. The molecule has 28 heavy (non-hydrogen) atoms. The second kappa shape index (κ2) is 7.33. The molecule has 0 fully saturated rings. The second-order valence-corrected chi connectivity index (χ2v) is 8.51. The van der Waals surface area contributed by atoms with E-state index in [1.54, 1.807) is 36.5 Å². The van der Waals surface area contributed by atoms with E-state index in [2.05, 4.69) is 5.32 Å². The molecule has 1 N–H and O–H groups in total. The smallest absolute Gasteiger partial charge is 0.268 e. The molecule has 3 aromatic rings. The fourth-order valence-corrected chi connectivity index (χ4v) is 4.55. The first kappa shape index (κ1) is 18.6. The SMILES string of the molecule is CCNCc1cc(-c2ccc3c(c2)OCO3)n(S(=O)(=O)c2ccc(C)cc2)c1. The van der Waals surface area contributed by atoms with E-state index in [0.717, 1.165) is 23.2 Å². The Bertz CT molecular complexity index is 1100. The van der Waals surface area contributed by atoms with Crippen LogP contribution in [0, 0.1) is 6.92 Å². The number of rotatable bonds is 6. The largest absolute Gasteiger partial charge is 0.454 e. The molecule has 1 aromatic heterocycles. The lowest BCUT2D eigenvalue weighted by atomic mass is 10.1. The van der Waals surface area contributed by atoms with Gasteiger partial charge in [0.1, 0.15) is 0 Å².